The zero-order chi connectivity index (χ0) is 16.0. The van der Waals surface area contributed by atoms with Crippen LogP contribution in [-0.4, -0.2) is 6.61 Å². The summed E-state index contributed by atoms with van der Waals surface area (Å²) >= 11 is 6.00. The predicted octanol–water partition coefficient (Wildman–Crippen LogP) is 5.29. The molecule has 0 amide bonds. The van der Waals surface area contributed by atoms with Gasteiger partial charge in [-0.05, 0) is 56.0 Å². The van der Waals surface area contributed by atoms with Crippen LogP contribution in [0, 0.1) is 18.3 Å². The van der Waals surface area contributed by atoms with Crippen molar-refractivity contribution in [3.05, 3.63) is 64.7 Å². The molecule has 0 saturated carbocycles. The largest absolute Gasteiger partial charge is 0.494 e. The maximum absolute atomic E-state index is 9.52. The number of hydrogen-bond donors (Lipinski definition) is 0. The monoisotopic (exact) mass is 313 g/mol. The van der Waals surface area contributed by atoms with Crippen molar-refractivity contribution in [3.63, 3.8) is 0 Å². The molecule has 22 heavy (non-hydrogen) atoms. The van der Waals surface area contributed by atoms with E-state index in [4.69, 9.17) is 16.3 Å². The minimum Gasteiger partial charge on any atom is -0.494 e. The van der Waals surface area contributed by atoms with E-state index in [9.17, 15) is 5.26 Å². The van der Waals surface area contributed by atoms with E-state index in [1.165, 1.54) is 0 Å². The van der Waals surface area contributed by atoms with E-state index in [0.717, 1.165) is 34.7 Å². The summed E-state index contributed by atoms with van der Waals surface area (Å²) in [6.07, 6.45) is 1.58. The van der Waals surface area contributed by atoms with Gasteiger partial charge in [0.05, 0.1) is 18.1 Å². The minimum absolute atomic E-state index is 0.472. The average molecular weight is 314 g/mol. The van der Waals surface area contributed by atoms with E-state index in [-0.39, 0.29) is 0 Å². The summed E-state index contributed by atoms with van der Waals surface area (Å²) in [6, 6.07) is 18.0. The summed E-state index contributed by atoms with van der Waals surface area (Å²) < 4.78 is 5.75. The van der Waals surface area contributed by atoms with Crippen LogP contribution in [0.15, 0.2) is 48.5 Å². The Kier molecular flexibility index (Phi) is 5.46. The third-order valence-electron chi connectivity index (χ3n) is 3.88. The molecule has 0 spiro atoms. The van der Waals surface area contributed by atoms with Gasteiger partial charge in [-0.15, -0.1) is 0 Å². The normalized spacial score (nSPS) is 13.2. The Morgan fingerprint density at radius 1 is 1.18 bits per heavy atom. The first-order valence-corrected chi connectivity index (χ1v) is 7.79. The van der Waals surface area contributed by atoms with Gasteiger partial charge in [-0.1, -0.05) is 41.9 Å². The number of hydrogen-bond acceptors (Lipinski definition) is 2. The van der Waals surface area contributed by atoms with Crippen molar-refractivity contribution in [1.82, 2.24) is 0 Å². The third-order valence-corrected chi connectivity index (χ3v) is 4.30. The minimum atomic E-state index is -0.472. The number of aryl methyl sites for hydroxylation is 1. The lowest BCUT2D eigenvalue weighted by Crippen LogP contribution is -2.20. The highest BCUT2D eigenvalue weighted by Gasteiger charge is 2.25. The molecule has 2 nitrogen and oxygen atoms in total. The SMILES string of the molecule is Cc1cc(OCCCC(C)(C#N)c2ccccc2)ccc1Cl. The van der Waals surface area contributed by atoms with Gasteiger partial charge in [0.15, 0.2) is 0 Å². The summed E-state index contributed by atoms with van der Waals surface area (Å²) in [4.78, 5) is 0. The molecule has 0 radical (unpaired) electrons. The molecule has 1 unspecified atom stereocenters. The predicted molar refractivity (Wildman–Crippen MR) is 90.3 cm³/mol. The number of ether oxygens (including phenoxy) is 1. The molecular formula is C19H20ClNO. The highest BCUT2D eigenvalue weighted by atomic mass is 35.5. The van der Waals surface area contributed by atoms with Crippen LogP contribution in [0.1, 0.15) is 30.9 Å². The van der Waals surface area contributed by atoms with Gasteiger partial charge in [0.1, 0.15) is 5.75 Å². The Morgan fingerprint density at radius 3 is 2.55 bits per heavy atom. The van der Waals surface area contributed by atoms with Crippen LogP contribution >= 0.6 is 11.6 Å². The van der Waals surface area contributed by atoms with Crippen LogP contribution in [0.4, 0.5) is 0 Å². The highest BCUT2D eigenvalue weighted by molar-refractivity contribution is 6.31. The molecular weight excluding hydrogens is 294 g/mol. The van der Waals surface area contributed by atoms with Crippen molar-refractivity contribution < 1.29 is 4.74 Å². The summed E-state index contributed by atoms with van der Waals surface area (Å²) in [5, 5.41) is 10.3. The molecule has 2 aromatic carbocycles. The van der Waals surface area contributed by atoms with E-state index in [2.05, 4.69) is 6.07 Å². The number of nitriles is 1. The van der Waals surface area contributed by atoms with Gasteiger partial charge in [0.2, 0.25) is 0 Å². The second-order valence-electron chi connectivity index (χ2n) is 5.67. The van der Waals surface area contributed by atoms with Crippen LogP contribution in [0.2, 0.25) is 5.02 Å². The van der Waals surface area contributed by atoms with Gasteiger partial charge in [0, 0.05) is 5.02 Å². The van der Waals surface area contributed by atoms with E-state index in [1.54, 1.807) is 0 Å². The van der Waals surface area contributed by atoms with Gasteiger partial charge < -0.3 is 4.74 Å². The molecule has 0 N–H and O–H groups in total. The zero-order valence-corrected chi connectivity index (χ0v) is 13.7. The fourth-order valence-corrected chi connectivity index (χ4v) is 2.51. The Balaban J connectivity index is 1.89. The number of nitrogens with zero attached hydrogens (tertiary/aromatic N) is 1. The van der Waals surface area contributed by atoms with E-state index in [0.29, 0.717) is 6.61 Å². The van der Waals surface area contributed by atoms with Gasteiger partial charge in [-0.3, -0.25) is 0 Å². The summed E-state index contributed by atoms with van der Waals surface area (Å²) in [5.41, 5.74) is 1.59. The van der Waals surface area contributed by atoms with Gasteiger partial charge in [-0.2, -0.15) is 5.26 Å². The lowest BCUT2D eigenvalue weighted by atomic mass is 9.80. The quantitative estimate of drug-likeness (QED) is 0.679. The Bertz CT molecular complexity index is 663. The molecule has 1 atom stereocenters. The van der Waals surface area contributed by atoms with Crippen molar-refractivity contribution in [1.29, 1.82) is 5.26 Å². The molecule has 2 rings (SSSR count). The second-order valence-corrected chi connectivity index (χ2v) is 6.08. The summed E-state index contributed by atoms with van der Waals surface area (Å²) in [7, 11) is 0. The van der Waals surface area contributed by atoms with Crippen molar-refractivity contribution in [2.45, 2.75) is 32.1 Å². The van der Waals surface area contributed by atoms with Gasteiger partial charge >= 0.3 is 0 Å². The average Bonchev–Trinajstić information content (AvgIpc) is 2.55. The maximum Gasteiger partial charge on any atom is 0.119 e. The lowest BCUT2D eigenvalue weighted by molar-refractivity contribution is 0.295. The molecule has 2 aromatic rings. The van der Waals surface area contributed by atoms with E-state index < -0.39 is 5.41 Å². The number of rotatable bonds is 6. The molecule has 3 heteroatoms. The van der Waals surface area contributed by atoms with Crippen LogP contribution < -0.4 is 4.74 Å². The molecule has 0 saturated heterocycles. The molecule has 0 aliphatic rings. The molecule has 0 aliphatic heterocycles. The van der Waals surface area contributed by atoms with Crippen molar-refractivity contribution >= 4 is 11.6 Å². The Labute approximate surface area is 137 Å². The molecule has 0 heterocycles. The van der Waals surface area contributed by atoms with Crippen LogP contribution in [0.25, 0.3) is 0 Å². The van der Waals surface area contributed by atoms with Crippen molar-refractivity contribution in [2.75, 3.05) is 6.61 Å². The molecule has 0 bridgehead atoms. The second kappa shape index (κ2) is 7.33. The summed E-state index contributed by atoms with van der Waals surface area (Å²) in [5.74, 6) is 0.820. The maximum atomic E-state index is 9.52. The first-order valence-electron chi connectivity index (χ1n) is 7.41. The third kappa shape index (κ3) is 4.02. The first kappa shape index (κ1) is 16.4. The van der Waals surface area contributed by atoms with Crippen LogP contribution in [0.3, 0.4) is 0 Å². The highest BCUT2D eigenvalue weighted by Crippen LogP contribution is 2.28. The standard InChI is InChI=1S/C19H20ClNO/c1-15-13-17(9-10-18(15)20)22-12-6-11-19(2,14-21)16-7-4-3-5-8-16/h3-5,7-10,13H,6,11-12H2,1-2H3. The lowest BCUT2D eigenvalue weighted by Gasteiger charge is -2.22. The smallest absolute Gasteiger partial charge is 0.119 e. The molecule has 0 aromatic heterocycles. The molecule has 0 aliphatic carbocycles. The Hall–Kier alpha value is -1.98. The van der Waals surface area contributed by atoms with E-state index in [1.807, 2.05) is 62.4 Å². The van der Waals surface area contributed by atoms with Crippen LogP contribution in [0.5, 0.6) is 5.75 Å². The van der Waals surface area contributed by atoms with Crippen molar-refractivity contribution in [3.8, 4) is 11.8 Å². The molecule has 114 valence electrons. The van der Waals surface area contributed by atoms with Crippen molar-refractivity contribution in [2.24, 2.45) is 0 Å². The van der Waals surface area contributed by atoms with Gasteiger partial charge in [0.25, 0.3) is 0 Å². The topological polar surface area (TPSA) is 33.0 Å². The van der Waals surface area contributed by atoms with E-state index >= 15 is 0 Å². The van der Waals surface area contributed by atoms with Gasteiger partial charge in [-0.25, -0.2) is 0 Å². The fraction of sp³-hybridized carbons (Fsp3) is 0.316. The number of halogens is 1. The fourth-order valence-electron chi connectivity index (χ4n) is 2.39. The van der Waals surface area contributed by atoms with Crippen LogP contribution in [-0.2, 0) is 5.41 Å². The number of benzene rings is 2. The summed E-state index contributed by atoms with van der Waals surface area (Å²) in [6.45, 7) is 4.53. The molecule has 0 fully saturated rings. The first-order chi connectivity index (χ1) is 10.5. The zero-order valence-electron chi connectivity index (χ0n) is 13.0. The Morgan fingerprint density at radius 2 is 1.91 bits per heavy atom.